The van der Waals surface area contributed by atoms with Crippen LogP contribution in [0.15, 0.2) is 0 Å². The summed E-state index contributed by atoms with van der Waals surface area (Å²) in [6.07, 6.45) is 1.27. The molecule has 0 atom stereocenters. The largest absolute Gasteiger partial charge is 0.0776 e. The Balaban J connectivity index is 0. The van der Waals surface area contributed by atoms with Crippen LogP contribution in [0, 0.1) is 21.7 Å². The van der Waals surface area contributed by atoms with E-state index in [1.807, 2.05) is 0 Å². The first-order chi connectivity index (χ1) is 6.21. The van der Waals surface area contributed by atoms with Gasteiger partial charge in [0, 0.05) is 0 Å². The van der Waals surface area contributed by atoms with Crippen molar-refractivity contribution >= 4 is 0 Å². The molecule has 0 aliphatic heterocycles. The standard InChI is InChI=1S/C15H32.CH4/c1-12(2,3)11-15(10,13(4,5)6)14(7,8)9;/h11H2,1-10H3;1H4. The van der Waals surface area contributed by atoms with E-state index in [9.17, 15) is 0 Å². The van der Waals surface area contributed by atoms with Crippen LogP contribution < -0.4 is 0 Å². The Morgan fingerprint density at radius 3 is 0.875 bits per heavy atom. The van der Waals surface area contributed by atoms with Gasteiger partial charge >= 0.3 is 0 Å². The quantitative estimate of drug-likeness (QED) is 0.504. The van der Waals surface area contributed by atoms with E-state index in [0.717, 1.165) is 0 Å². The van der Waals surface area contributed by atoms with Gasteiger partial charge in [-0.1, -0.05) is 76.7 Å². The van der Waals surface area contributed by atoms with Crippen LogP contribution in [-0.4, -0.2) is 0 Å². The lowest BCUT2D eigenvalue weighted by atomic mass is 9.51. The molecule has 0 aromatic rings. The minimum atomic E-state index is 0. The van der Waals surface area contributed by atoms with E-state index in [1.165, 1.54) is 6.42 Å². The van der Waals surface area contributed by atoms with Crippen LogP contribution in [0.2, 0.25) is 0 Å². The highest BCUT2D eigenvalue weighted by molar-refractivity contribution is 4.97. The summed E-state index contributed by atoms with van der Waals surface area (Å²) in [5.74, 6) is 0. The first kappa shape index (κ1) is 18.4. The van der Waals surface area contributed by atoms with Crippen molar-refractivity contribution in [1.82, 2.24) is 0 Å². The number of rotatable bonds is 1. The van der Waals surface area contributed by atoms with Crippen molar-refractivity contribution in [2.24, 2.45) is 21.7 Å². The van der Waals surface area contributed by atoms with E-state index in [2.05, 4.69) is 69.2 Å². The van der Waals surface area contributed by atoms with Crippen LogP contribution >= 0.6 is 0 Å². The molecule has 16 heavy (non-hydrogen) atoms. The number of hydrogen-bond donors (Lipinski definition) is 0. The van der Waals surface area contributed by atoms with Gasteiger partial charge in [0.2, 0.25) is 0 Å². The van der Waals surface area contributed by atoms with Gasteiger partial charge in [-0.25, -0.2) is 0 Å². The Labute approximate surface area is 105 Å². The van der Waals surface area contributed by atoms with Crippen LogP contribution in [0.1, 0.15) is 83.1 Å². The molecular formula is C16H36. The zero-order valence-corrected chi connectivity index (χ0v) is 12.7. The van der Waals surface area contributed by atoms with Gasteiger partial charge in [-0.15, -0.1) is 0 Å². The molecule has 0 aromatic carbocycles. The fourth-order valence-electron chi connectivity index (χ4n) is 2.72. The molecule has 0 rings (SSSR count). The molecule has 0 aromatic heterocycles. The maximum Gasteiger partial charge on any atom is -0.0224 e. The number of hydrogen-bond acceptors (Lipinski definition) is 0. The van der Waals surface area contributed by atoms with Gasteiger partial charge in [0.05, 0.1) is 0 Å². The molecule has 0 saturated carbocycles. The Kier molecular flexibility index (Phi) is 5.40. The molecule has 0 fully saturated rings. The molecule has 0 N–H and O–H groups in total. The van der Waals surface area contributed by atoms with Crippen molar-refractivity contribution < 1.29 is 0 Å². The summed E-state index contributed by atoms with van der Waals surface area (Å²) in [7, 11) is 0. The summed E-state index contributed by atoms with van der Waals surface area (Å²) < 4.78 is 0. The Hall–Kier alpha value is 0. The van der Waals surface area contributed by atoms with Crippen LogP contribution in [0.5, 0.6) is 0 Å². The maximum atomic E-state index is 2.46. The van der Waals surface area contributed by atoms with E-state index in [0.29, 0.717) is 21.7 Å². The second-order valence-electron chi connectivity index (χ2n) is 8.57. The van der Waals surface area contributed by atoms with Crippen LogP contribution in [0.3, 0.4) is 0 Å². The van der Waals surface area contributed by atoms with Gasteiger partial charge in [-0.05, 0) is 28.1 Å². The molecule has 0 aliphatic rings. The molecule has 0 spiro atoms. The smallest absolute Gasteiger partial charge is 0.0224 e. The van der Waals surface area contributed by atoms with Crippen LogP contribution in [0.4, 0.5) is 0 Å². The topological polar surface area (TPSA) is 0 Å². The molecule has 0 nitrogen and oxygen atoms in total. The monoisotopic (exact) mass is 228 g/mol. The minimum Gasteiger partial charge on any atom is -0.0776 e. The van der Waals surface area contributed by atoms with E-state index in [1.54, 1.807) is 0 Å². The highest BCUT2D eigenvalue weighted by Gasteiger charge is 2.48. The Morgan fingerprint density at radius 1 is 0.562 bits per heavy atom. The van der Waals surface area contributed by atoms with Gasteiger partial charge in [-0.2, -0.15) is 0 Å². The average molecular weight is 228 g/mol. The average Bonchev–Trinajstić information content (AvgIpc) is 1.77. The van der Waals surface area contributed by atoms with Gasteiger partial charge < -0.3 is 0 Å². The first-order valence-electron chi connectivity index (χ1n) is 6.21. The SMILES string of the molecule is C.CC(C)(C)CC(C)(C(C)(C)C)C(C)(C)C. The zero-order valence-electron chi connectivity index (χ0n) is 12.7. The molecule has 0 saturated heterocycles. The molecule has 0 aliphatic carbocycles. The van der Waals surface area contributed by atoms with E-state index in [4.69, 9.17) is 0 Å². The van der Waals surface area contributed by atoms with Gasteiger partial charge in [0.1, 0.15) is 0 Å². The lowest BCUT2D eigenvalue weighted by Crippen LogP contribution is -2.46. The summed E-state index contributed by atoms with van der Waals surface area (Å²) in [5, 5.41) is 0. The van der Waals surface area contributed by atoms with Gasteiger partial charge in [-0.3, -0.25) is 0 Å². The maximum absolute atomic E-state index is 2.46. The van der Waals surface area contributed by atoms with E-state index < -0.39 is 0 Å². The van der Waals surface area contributed by atoms with E-state index in [-0.39, 0.29) is 7.43 Å². The van der Waals surface area contributed by atoms with Gasteiger partial charge in [0.25, 0.3) is 0 Å². The predicted molar refractivity (Wildman–Crippen MR) is 77.8 cm³/mol. The second kappa shape index (κ2) is 4.70. The van der Waals surface area contributed by atoms with Crippen molar-refractivity contribution in [3.8, 4) is 0 Å². The first-order valence-corrected chi connectivity index (χ1v) is 6.21. The predicted octanol–water partition coefficient (Wildman–Crippen LogP) is 6.16. The van der Waals surface area contributed by atoms with Gasteiger partial charge in [0.15, 0.2) is 0 Å². The normalized spacial score (nSPS) is 14.6. The highest BCUT2D eigenvalue weighted by Crippen LogP contribution is 2.56. The van der Waals surface area contributed by atoms with Crippen LogP contribution in [-0.2, 0) is 0 Å². The van der Waals surface area contributed by atoms with Crippen molar-refractivity contribution in [2.45, 2.75) is 83.1 Å². The molecule has 0 unspecified atom stereocenters. The summed E-state index contributed by atoms with van der Waals surface area (Å²) >= 11 is 0. The highest BCUT2D eigenvalue weighted by atomic mass is 14.5. The Morgan fingerprint density at radius 2 is 0.812 bits per heavy atom. The molecule has 0 amide bonds. The molecular weight excluding hydrogens is 192 g/mol. The third-order valence-corrected chi connectivity index (χ3v) is 4.19. The fourth-order valence-corrected chi connectivity index (χ4v) is 2.72. The van der Waals surface area contributed by atoms with Crippen molar-refractivity contribution in [3.63, 3.8) is 0 Å². The lowest BCUT2D eigenvalue weighted by molar-refractivity contribution is -0.0476. The molecule has 100 valence electrons. The third-order valence-electron chi connectivity index (χ3n) is 4.19. The van der Waals surface area contributed by atoms with Crippen molar-refractivity contribution in [2.75, 3.05) is 0 Å². The summed E-state index contributed by atoms with van der Waals surface area (Å²) in [5.41, 5.74) is 1.45. The van der Waals surface area contributed by atoms with Crippen molar-refractivity contribution in [3.05, 3.63) is 0 Å². The minimum absolute atomic E-state index is 0. The third kappa shape index (κ3) is 4.11. The second-order valence-corrected chi connectivity index (χ2v) is 8.57. The molecule has 0 heterocycles. The molecule has 0 heteroatoms. The summed E-state index contributed by atoms with van der Waals surface area (Å²) in [6, 6.07) is 0. The Bertz CT molecular complexity index is 188. The molecule has 0 radical (unpaired) electrons. The van der Waals surface area contributed by atoms with Crippen molar-refractivity contribution in [1.29, 1.82) is 0 Å². The van der Waals surface area contributed by atoms with E-state index >= 15 is 0 Å². The summed E-state index contributed by atoms with van der Waals surface area (Å²) in [6.45, 7) is 23.8. The van der Waals surface area contributed by atoms with Crippen LogP contribution in [0.25, 0.3) is 0 Å². The molecule has 0 bridgehead atoms. The zero-order chi connectivity index (χ0) is 12.7. The fraction of sp³-hybridized carbons (Fsp3) is 1.00. The summed E-state index contributed by atoms with van der Waals surface area (Å²) in [4.78, 5) is 0. The lowest BCUT2D eigenvalue weighted by Gasteiger charge is -2.54.